The molecule has 2 aliphatic rings. The SMILES string of the molecule is CC(=O)O.Cc1ccc2c(c1)C(=O)C(=O)N2C[C@H](NS(=O)(=O)c1ccc2ccccc2c1)C(=O)N(C)C1CCCN(C(=N)N)C1. The lowest BCUT2D eigenvalue weighted by molar-refractivity contribution is -0.135. The monoisotopic (exact) mass is 636 g/mol. The Kier molecular flexibility index (Phi) is 9.88. The van der Waals surface area contributed by atoms with Gasteiger partial charge in [-0.05, 0) is 54.8 Å². The number of rotatable bonds is 7. The van der Waals surface area contributed by atoms with Gasteiger partial charge in [-0.1, -0.05) is 42.0 Å². The maximum atomic E-state index is 14.0. The van der Waals surface area contributed by atoms with Crippen LogP contribution < -0.4 is 15.4 Å². The molecule has 45 heavy (non-hydrogen) atoms. The van der Waals surface area contributed by atoms with Gasteiger partial charge < -0.3 is 25.5 Å². The molecule has 2 atom stereocenters. The number of carboxylic acids is 1. The molecule has 1 saturated heterocycles. The zero-order valence-electron chi connectivity index (χ0n) is 25.2. The number of likely N-dealkylation sites (N-methyl/N-ethyl adjacent to an activating group) is 1. The van der Waals surface area contributed by atoms with Crippen molar-refractivity contribution in [3.63, 3.8) is 0 Å². The highest BCUT2D eigenvalue weighted by Crippen LogP contribution is 2.30. The third kappa shape index (κ3) is 7.46. The Morgan fingerprint density at radius 1 is 1.11 bits per heavy atom. The molecule has 3 aromatic carbocycles. The van der Waals surface area contributed by atoms with Gasteiger partial charge in [0.2, 0.25) is 15.9 Å². The smallest absolute Gasteiger partial charge is 0.300 e. The van der Waals surface area contributed by atoms with Crippen LogP contribution in [0.25, 0.3) is 10.8 Å². The normalized spacial score (nSPS) is 16.9. The lowest BCUT2D eigenvalue weighted by Crippen LogP contribution is -2.58. The van der Waals surface area contributed by atoms with E-state index in [4.69, 9.17) is 21.0 Å². The Hall–Kier alpha value is -4.82. The Morgan fingerprint density at radius 3 is 2.44 bits per heavy atom. The van der Waals surface area contributed by atoms with E-state index in [0.29, 0.717) is 37.0 Å². The maximum absolute atomic E-state index is 14.0. The number of Topliss-reactive ketones (excluding diaryl/α,β-unsaturated/α-hetero) is 1. The van der Waals surface area contributed by atoms with Gasteiger partial charge in [-0.25, -0.2) is 8.42 Å². The average Bonchev–Trinajstić information content (AvgIpc) is 3.23. The van der Waals surface area contributed by atoms with E-state index in [1.807, 2.05) is 12.1 Å². The van der Waals surface area contributed by atoms with Crippen LogP contribution in [-0.4, -0.2) is 91.6 Å². The zero-order valence-corrected chi connectivity index (χ0v) is 26.0. The van der Waals surface area contributed by atoms with Gasteiger partial charge in [-0.15, -0.1) is 0 Å². The van der Waals surface area contributed by atoms with E-state index in [1.54, 1.807) is 55.3 Å². The van der Waals surface area contributed by atoms with E-state index >= 15 is 0 Å². The predicted molar refractivity (Wildman–Crippen MR) is 169 cm³/mol. The van der Waals surface area contributed by atoms with Crippen LogP contribution in [0.1, 0.15) is 35.7 Å². The fourth-order valence-electron chi connectivity index (χ4n) is 5.45. The molecule has 5 rings (SSSR count). The number of carboxylic acid groups (broad SMARTS) is 1. The highest BCUT2D eigenvalue weighted by Gasteiger charge is 2.41. The molecule has 0 aliphatic carbocycles. The molecule has 5 N–H and O–H groups in total. The zero-order chi connectivity index (χ0) is 33.1. The molecule has 1 fully saturated rings. The summed E-state index contributed by atoms with van der Waals surface area (Å²) in [6.45, 7) is 3.42. The van der Waals surface area contributed by atoms with Crippen molar-refractivity contribution in [2.45, 2.75) is 43.7 Å². The summed E-state index contributed by atoms with van der Waals surface area (Å²) in [5.74, 6) is -3.02. The minimum Gasteiger partial charge on any atom is -0.481 e. The number of fused-ring (bicyclic) bond motifs is 2. The third-order valence-corrected chi connectivity index (χ3v) is 9.22. The summed E-state index contributed by atoms with van der Waals surface area (Å²) in [6, 6.07) is 15.2. The number of anilines is 1. The van der Waals surface area contributed by atoms with Crippen LogP contribution in [0.15, 0.2) is 65.6 Å². The standard InChI is InChI=1S/C29H32N6O5S.C2H4O2/c1-18-9-12-25-23(14-18)26(36)28(38)35(25)17-24(27(37)33(2)21-8-5-13-34(16-21)29(30)31)32-41(39,40)22-11-10-19-6-3-4-7-20(19)15-22;1-2(3)4/h3-4,6-7,9-12,14-15,21,24,32H,5,8,13,16-17H2,1-2H3,(H3,30,31);1H3,(H,3,4)/t21?,24-;/m0./s1. The third-order valence-electron chi connectivity index (χ3n) is 7.75. The number of ketones is 1. The van der Waals surface area contributed by atoms with Crippen molar-refractivity contribution in [2.75, 3.05) is 31.6 Å². The number of aryl methyl sites for hydroxylation is 1. The van der Waals surface area contributed by atoms with Crippen molar-refractivity contribution in [3.8, 4) is 0 Å². The Balaban J connectivity index is 0.00000109. The minimum atomic E-state index is -4.23. The predicted octanol–water partition coefficient (Wildman–Crippen LogP) is 1.93. The lowest BCUT2D eigenvalue weighted by atomic mass is 10.0. The Morgan fingerprint density at radius 2 is 1.78 bits per heavy atom. The molecule has 0 radical (unpaired) electrons. The van der Waals surface area contributed by atoms with Gasteiger partial charge in [-0.2, -0.15) is 4.72 Å². The number of carbonyl (C=O) groups is 4. The highest BCUT2D eigenvalue weighted by atomic mass is 32.2. The van der Waals surface area contributed by atoms with Gasteiger partial charge in [-0.3, -0.25) is 24.6 Å². The molecule has 0 spiro atoms. The van der Waals surface area contributed by atoms with Crippen molar-refractivity contribution in [3.05, 3.63) is 71.8 Å². The van der Waals surface area contributed by atoms with Crippen molar-refractivity contribution in [1.29, 1.82) is 5.41 Å². The first-order chi connectivity index (χ1) is 21.2. The number of nitrogens with zero attached hydrogens (tertiary/aromatic N) is 3. The summed E-state index contributed by atoms with van der Waals surface area (Å²) < 4.78 is 29.8. The van der Waals surface area contributed by atoms with Crippen LogP contribution in [0.3, 0.4) is 0 Å². The molecular weight excluding hydrogens is 600 g/mol. The summed E-state index contributed by atoms with van der Waals surface area (Å²) in [5.41, 5.74) is 7.03. The molecule has 3 aromatic rings. The molecular formula is C31H36N6O7S. The largest absolute Gasteiger partial charge is 0.481 e. The summed E-state index contributed by atoms with van der Waals surface area (Å²) in [6.07, 6.45) is 1.33. The fraction of sp³-hybridized carbons (Fsp3) is 0.323. The van der Waals surface area contributed by atoms with Crippen molar-refractivity contribution in [2.24, 2.45) is 5.73 Å². The second kappa shape index (κ2) is 13.4. The van der Waals surface area contributed by atoms with Crippen LogP contribution in [0.4, 0.5) is 5.69 Å². The van der Waals surface area contributed by atoms with Gasteiger partial charge >= 0.3 is 0 Å². The van der Waals surface area contributed by atoms with Crippen LogP contribution in [-0.2, 0) is 24.4 Å². The number of guanidine groups is 1. The van der Waals surface area contributed by atoms with E-state index < -0.39 is 39.6 Å². The van der Waals surface area contributed by atoms with Gasteiger partial charge in [0, 0.05) is 33.1 Å². The Bertz CT molecular complexity index is 1770. The number of aliphatic carboxylic acids is 1. The molecule has 0 aromatic heterocycles. The van der Waals surface area contributed by atoms with Crippen LogP contribution in [0.2, 0.25) is 0 Å². The van der Waals surface area contributed by atoms with Crippen LogP contribution >= 0.6 is 0 Å². The maximum Gasteiger partial charge on any atom is 0.300 e. The van der Waals surface area contributed by atoms with Crippen LogP contribution in [0, 0.1) is 12.3 Å². The van der Waals surface area contributed by atoms with E-state index in [9.17, 15) is 22.8 Å². The van der Waals surface area contributed by atoms with E-state index in [0.717, 1.165) is 17.9 Å². The fourth-order valence-corrected chi connectivity index (χ4v) is 6.66. The number of carbonyl (C=O) groups excluding carboxylic acids is 3. The van der Waals surface area contributed by atoms with Gasteiger partial charge in [0.25, 0.3) is 17.7 Å². The molecule has 0 bridgehead atoms. The lowest BCUT2D eigenvalue weighted by Gasteiger charge is -2.39. The summed E-state index contributed by atoms with van der Waals surface area (Å²) in [5, 5.41) is 16.8. The summed E-state index contributed by atoms with van der Waals surface area (Å²) >= 11 is 0. The molecule has 238 valence electrons. The van der Waals surface area contributed by atoms with Gasteiger partial charge in [0.1, 0.15) is 6.04 Å². The molecule has 14 heteroatoms. The molecule has 0 saturated carbocycles. The van der Waals surface area contributed by atoms with Gasteiger partial charge in [0.15, 0.2) is 5.96 Å². The van der Waals surface area contributed by atoms with Crippen molar-refractivity contribution in [1.82, 2.24) is 14.5 Å². The van der Waals surface area contributed by atoms with E-state index in [1.165, 1.54) is 21.9 Å². The van der Waals surface area contributed by atoms with Crippen molar-refractivity contribution < 1.29 is 32.7 Å². The molecule has 13 nitrogen and oxygen atoms in total. The first kappa shape index (κ1) is 33.1. The average molecular weight is 637 g/mol. The Labute approximate surface area is 261 Å². The van der Waals surface area contributed by atoms with Gasteiger partial charge in [0.05, 0.1) is 22.7 Å². The second-order valence-electron chi connectivity index (χ2n) is 11.0. The second-order valence-corrected chi connectivity index (χ2v) is 12.8. The van der Waals surface area contributed by atoms with E-state index in [-0.39, 0.29) is 29.0 Å². The topological polar surface area (TPSA) is 194 Å². The number of nitrogens with two attached hydrogens (primary N) is 1. The first-order valence-corrected chi connectivity index (χ1v) is 15.7. The number of likely N-dealkylation sites (tertiary alicyclic amines) is 1. The minimum absolute atomic E-state index is 0.0306. The molecule has 2 amide bonds. The van der Waals surface area contributed by atoms with Crippen molar-refractivity contribution >= 4 is 56.0 Å². The first-order valence-electron chi connectivity index (χ1n) is 14.2. The number of hydrogen-bond donors (Lipinski definition) is 4. The van der Waals surface area contributed by atoms with Crippen LogP contribution in [0.5, 0.6) is 0 Å². The summed E-state index contributed by atoms with van der Waals surface area (Å²) in [4.78, 5) is 53.0. The molecule has 1 unspecified atom stereocenters. The van der Waals surface area contributed by atoms with E-state index in [2.05, 4.69) is 4.72 Å². The number of sulfonamides is 1. The quantitative estimate of drug-likeness (QED) is 0.170. The number of hydrogen-bond acceptors (Lipinski definition) is 7. The summed E-state index contributed by atoms with van der Waals surface area (Å²) in [7, 11) is -2.65. The number of amides is 2. The molecule has 2 heterocycles. The number of piperidine rings is 1. The number of benzene rings is 3. The number of nitrogens with one attached hydrogen (secondary N) is 2. The highest BCUT2D eigenvalue weighted by molar-refractivity contribution is 7.89. The molecule has 2 aliphatic heterocycles.